The molecular formula is C25H25ClN2. The van der Waals surface area contributed by atoms with Crippen LogP contribution in [-0.4, -0.2) is 5.71 Å². The summed E-state index contributed by atoms with van der Waals surface area (Å²) in [5.41, 5.74) is 6.11. The van der Waals surface area contributed by atoms with E-state index >= 15 is 0 Å². The van der Waals surface area contributed by atoms with E-state index in [0.717, 1.165) is 22.8 Å². The first-order valence-electron chi connectivity index (χ1n) is 9.70. The van der Waals surface area contributed by atoms with Crippen LogP contribution in [0.2, 0.25) is 5.02 Å². The molecule has 142 valence electrons. The van der Waals surface area contributed by atoms with Crippen LogP contribution in [0, 0.1) is 0 Å². The number of benzene rings is 3. The number of hydrogen-bond donors (Lipinski definition) is 0. The molecule has 0 radical (unpaired) electrons. The molecule has 0 aromatic heterocycles. The van der Waals surface area contributed by atoms with Crippen LogP contribution < -0.4 is 5.01 Å². The molecule has 1 aliphatic heterocycles. The summed E-state index contributed by atoms with van der Waals surface area (Å²) >= 11 is 6.11. The van der Waals surface area contributed by atoms with Crippen molar-refractivity contribution in [2.75, 3.05) is 5.01 Å². The molecule has 1 aliphatic rings. The predicted octanol–water partition coefficient (Wildman–Crippen LogP) is 6.99. The Morgan fingerprint density at radius 1 is 0.857 bits per heavy atom. The van der Waals surface area contributed by atoms with Crippen molar-refractivity contribution in [1.29, 1.82) is 0 Å². The largest absolute Gasteiger partial charge is 0.257 e. The van der Waals surface area contributed by atoms with E-state index in [1.807, 2.05) is 18.2 Å². The maximum atomic E-state index is 6.11. The van der Waals surface area contributed by atoms with Crippen molar-refractivity contribution in [3.63, 3.8) is 0 Å². The number of para-hydroxylation sites is 1. The van der Waals surface area contributed by atoms with Gasteiger partial charge in [-0.25, -0.2) is 0 Å². The summed E-state index contributed by atoms with van der Waals surface area (Å²) in [4.78, 5) is 0. The van der Waals surface area contributed by atoms with E-state index in [0.29, 0.717) is 0 Å². The summed E-state index contributed by atoms with van der Waals surface area (Å²) in [7, 11) is 0. The molecule has 28 heavy (non-hydrogen) atoms. The van der Waals surface area contributed by atoms with Crippen LogP contribution in [-0.2, 0) is 5.41 Å². The number of rotatable bonds is 3. The van der Waals surface area contributed by atoms with Gasteiger partial charge in [0.05, 0.1) is 17.4 Å². The molecule has 1 unspecified atom stereocenters. The third-order valence-corrected chi connectivity index (χ3v) is 5.52. The van der Waals surface area contributed by atoms with Gasteiger partial charge in [-0.3, -0.25) is 5.01 Å². The van der Waals surface area contributed by atoms with Crippen LogP contribution in [0.3, 0.4) is 0 Å². The van der Waals surface area contributed by atoms with Gasteiger partial charge in [-0.15, -0.1) is 0 Å². The smallest absolute Gasteiger partial charge is 0.0831 e. The highest BCUT2D eigenvalue weighted by molar-refractivity contribution is 6.30. The molecular weight excluding hydrogens is 364 g/mol. The first-order valence-corrected chi connectivity index (χ1v) is 10.1. The van der Waals surface area contributed by atoms with Gasteiger partial charge in [0.15, 0.2) is 0 Å². The van der Waals surface area contributed by atoms with Crippen LogP contribution in [0.1, 0.15) is 49.9 Å². The number of nitrogens with zero attached hydrogens (tertiary/aromatic N) is 2. The maximum Gasteiger partial charge on any atom is 0.0831 e. The van der Waals surface area contributed by atoms with E-state index in [2.05, 4.69) is 86.4 Å². The number of hydrazone groups is 1. The molecule has 4 rings (SSSR count). The van der Waals surface area contributed by atoms with E-state index in [4.69, 9.17) is 16.7 Å². The second kappa shape index (κ2) is 7.44. The highest BCUT2D eigenvalue weighted by Gasteiger charge is 2.30. The molecule has 0 N–H and O–H groups in total. The summed E-state index contributed by atoms with van der Waals surface area (Å²) in [6, 6.07) is 27.5. The Morgan fingerprint density at radius 3 is 2.11 bits per heavy atom. The molecule has 0 fully saturated rings. The number of halogens is 1. The fourth-order valence-electron chi connectivity index (χ4n) is 3.61. The van der Waals surface area contributed by atoms with Gasteiger partial charge < -0.3 is 0 Å². The van der Waals surface area contributed by atoms with E-state index in [1.165, 1.54) is 16.7 Å². The normalized spacial score (nSPS) is 16.9. The highest BCUT2D eigenvalue weighted by Crippen LogP contribution is 2.37. The second-order valence-electron chi connectivity index (χ2n) is 8.33. The molecule has 3 heteroatoms. The standard InChI is InChI=1S/C25H25ClN2/c1-25(2,3)20-13-9-18(10-14-20)23-17-24(19-11-15-21(26)16-12-19)28(27-23)22-7-5-4-6-8-22/h4-16,24H,17H2,1-3H3. The fraction of sp³-hybridized carbons (Fsp3) is 0.240. The topological polar surface area (TPSA) is 15.6 Å². The Kier molecular flexibility index (Phi) is 4.99. The van der Waals surface area contributed by atoms with E-state index in [-0.39, 0.29) is 11.5 Å². The summed E-state index contributed by atoms with van der Waals surface area (Å²) in [5.74, 6) is 0. The van der Waals surface area contributed by atoms with Gasteiger partial charge in [-0.2, -0.15) is 5.10 Å². The zero-order chi connectivity index (χ0) is 19.7. The molecule has 0 spiro atoms. The second-order valence-corrected chi connectivity index (χ2v) is 8.76. The summed E-state index contributed by atoms with van der Waals surface area (Å²) in [6.07, 6.45) is 0.866. The Hall–Kier alpha value is -2.58. The molecule has 0 saturated carbocycles. The van der Waals surface area contributed by atoms with E-state index in [1.54, 1.807) is 0 Å². The molecule has 0 amide bonds. The van der Waals surface area contributed by atoms with Crippen LogP contribution in [0.15, 0.2) is 84.0 Å². The summed E-state index contributed by atoms with van der Waals surface area (Å²) in [5, 5.41) is 7.91. The molecule has 3 aromatic carbocycles. The zero-order valence-electron chi connectivity index (χ0n) is 16.6. The van der Waals surface area contributed by atoms with E-state index < -0.39 is 0 Å². The average molecular weight is 389 g/mol. The number of anilines is 1. The van der Waals surface area contributed by atoms with Crippen LogP contribution in [0.25, 0.3) is 0 Å². The van der Waals surface area contributed by atoms with Gasteiger partial charge in [0.25, 0.3) is 0 Å². The summed E-state index contributed by atoms with van der Waals surface area (Å²) < 4.78 is 0. The van der Waals surface area contributed by atoms with Gasteiger partial charge in [0.2, 0.25) is 0 Å². The SMILES string of the molecule is CC(C)(C)c1ccc(C2=NN(c3ccccc3)C(c3ccc(Cl)cc3)C2)cc1. The maximum absolute atomic E-state index is 6.11. The monoisotopic (exact) mass is 388 g/mol. The Labute approximate surface area is 172 Å². The van der Waals surface area contributed by atoms with Crippen molar-refractivity contribution in [2.24, 2.45) is 5.10 Å². The molecule has 0 saturated heterocycles. The molecule has 3 aromatic rings. The lowest BCUT2D eigenvalue weighted by Crippen LogP contribution is -2.18. The van der Waals surface area contributed by atoms with Crippen molar-refractivity contribution < 1.29 is 0 Å². The minimum Gasteiger partial charge on any atom is -0.257 e. The van der Waals surface area contributed by atoms with Crippen molar-refractivity contribution in [1.82, 2.24) is 0 Å². The lowest BCUT2D eigenvalue weighted by Gasteiger charge is -2.24. The number of hydrogen-bond acceptors (Lipinski definition) is 2. The molecule has 1 heterocycles. The van der Waals surface area contributed by atoms with Crippen molar-refractivity contribution in [3.8, 4) is 0 Å². The Morgan fingerprint density at radius 2 is 1.50 bits per heavy atom. The average Bonchev–Trinajstić information content (AvgIpc) is 3.14. The minimum absolute atomic E-state index is 0.151. The highest BCUT2D eigenvalue weighted by atomic mass is 35.5. The van der Waals surface area contributed by atoms with Crippen LogP contribution >= 0.6 is 11.6 Å². The van der Waals surface area contributed by atoms with Crippen molar-refractivity contribution in [3.05, 3.63) is 101 Å². The van der Waals surface area contributed by atoms with Crippen molar-refractivity contribution in [2.45, 2.75) is 38.6 Å². The third-order valence-electron chi connectivity index (χ3n) is 5.27. The van der Waals surface area contributed by atoms with Crippen LogP contribution in [0.5, 0.6) is 0 Å². The lowest BCUT2D eigenvalue weighted by molar-refractivity contribution is 0.590. The lowest BCUT2D eigenvalue weighted by atomic mass is 9.86. The molecule has 0 bridgehead atoms. The quantitative estimate of drug-likeness (QED) is 0.471. The van der Waals surface area contributed by atoms with Crippen LogP contribution in [0.4, 0.5) is 5.69 Å². The molecule has 2 nitrogen and oxygen atoms in total. The van der Waals surface area contributed by atoms with Gasteiger partial charge in [-0.05, 0) is 46.4 Å². The zero-order valence-corrected chi connectivity index (χ0v) is 17.3. The predicted molar refractivity (Wildman–Crippen MR) is 119 cm³/mol. The van der Waals surface area contributed by atoms with Gasteiger partial charge in [-0.1, -0.05) is 87.0 Å². The Balaban J connectivity index is 1.70. The Bertz CT molecular complexity index is 968. The minimum atomic E-state index is 0.151. The molecule has 1 atom stereocenters. The molecule has 0 aliphatic carbocycles. The van der Waals surface area contributed by atoms with Gasteiger partial charge >= 0.3 is 0 Å². The van der Waals surface area contributed by atoms with Gasteiger partial charge in [0.1, 0.15) is 0 Å². The first-order chi connectivity index (χ1) is 13.4. The van der Waals surface area contributed by atoms with Crippen molar-refractivity contribution >= 4 is 23.0 Å². The fourth-order valence-corrected chi connectivity index (χ4v) is 3.74. The third kappa shape index (κ3) is 3.83. The summed E-state index contributed by atoms with van der Waals surface area (Å²) in [6.45, 7) is 6.72. The van der Waals surface area contributed by atoms with E-state index in [9.17, 15) is 0 Å². The first kappa shape index (κ1) is 18.8. The van der Waals surface area contributed by atoms with Gasteiger partial charge in [0, 0.05) is 11.4 Å².